The maximum absolute atomic E-state index is 13.5. The standard InChI is InChI=1S/C17H20FNS/c1-11-10-12(6-7-15(11)18)17(19-2)14-4-3-5-16-13(14)8-9-20-16/h6-10,14,17,19H,3-5H2,1-2H3. The van der Waals surface area contributed by atoms with Gasteiger partial charge in [0.05, 0.1) is 0 Å². The molecule has 3 rings (SSSR count). The summed E-state index contributed by atoms with van der Waals surface area (Å²) in [5.74, 6) is 0.378. The molecule has 0 radical (unpaired) electrons. The van der Waals surface area contributed by atoms with Crippen LogP contribution >= 0.6 is 11.3 Å². The van der Waals surface area contributed by atoms with Gasteiger partial charge in [-0.1, -0.05) is 12.1 Å². The van der Waals surface area contributed by atoms with E-state index in [1.54, 1.807) is 6.07 Å². The van der Waals surface area contributed by atoms with Crippen LogP contribution in [0.2, 0.25) is 0 Å². The Kier molecular flexibility index (Phi) is 3.90. The van der Waals surface area contributed by atoms with Crippen molar-refractivity contribution in [1.29, 1.82) is 0 Å². The molecule has 106 valence electrons. The molecule has 1 aromatic carbocycles. The number of hydrogen-bond acceptors (Lipinski definition) is 2. The molecule has 0 aliphatic heterocycles. The Labute approximate surface area is 123 Å². The van der Waals surface area contributed by atoms with Gasteiger partial charge in [-0.25, -0.2) is 4.39 Å². The fraction of sp³-hybridized carbons (Fsp3) is 0.412. The number of likely N-dealkylation sites (N-methyl/N-ethyl adjacent to an activating group) is 1. The van der Waals surface area contributed by atoms with Crippen LogP contribution in [0.25, 0.3) is 0 Å². The van der Waals surface area contributed by atoms with Gasteiger partial charge in [0.1, 0.15) is 5.82 Å². The number of benzene rings is 1. The zero-order valence-electron chi connectivity index (χ0n) is 11.9. The third-order valence-electron chi connectivity index (χ3n) is 4.35. The second kappa shape index (κ2) is 5.66. The quantitative estimate of drug-likeness (QED) is 0.872. The first-order valence-corrected chi connectivity index (χ1v) is 8.08. The Balaban J connectivity index is 1.97. The Hall–Kier alpha value is -1.19. The SMILES string of the molecule is CNC(c1ccc(F)c(C)c1)C1CCCc2sccc21. The minimum absolute atomic E-state index is 0.122. The smallest absolute Gasteiger partial charge is 0.126 e. The molecule has 1 aromatic heterocycles. The number of hydrogen-bond donors (Lipinski definition) is 1. The number of nitrogens with one attached hydrogen (secondary N) is 1. The molecule has 0 spiro atoms. The maximum Gasteiger partial charge on any atom is 0.126 e. The van der Waals surface area contributed by atoms with Crippen LogP contribution in [0.15, 0.2) is 29.6 Å². The topological polar surface area (TPSA) is 12.0 Å². The fourth-order valence-corrected chi connectivity index (χ4v) is 4.33. The maximum atomic E-state index is 13.5. The van der Waals surface area contributed by atoms with Gasteiger partial charge in [0.15, 0.2) is 0 Å². The van der Waals surface area contributed by atoms with Crippen molar-refractivity contribution in [2.75, 3.05) is 7.05 Å². The highest BCUT2D eigenvalue weighted by molar-refractivity contribution is 7.10. The first-order chi connectivity index (χ1) is 9.70. The van der Waals surface area contributed by atoms with Gasteiger partial charge in [-0.05, 0) is 67.4 Å². The van der Waals surface area contributed by atoms with Gasteiger partial charge < -0.3 is 5.32 Å². The highest BCUT2D eigenvalue weighted by atomic mass is 32.1. The minimum Gasteiger partial charge on any atom is -0.312 e. The molecule has 2 aromatic rings. The van der Waals surface area contributed by atoms with Gasteiger partial charge in [0.2, 0.25) is 0 Å². The summed E-state index contributed by atoms with van der Waals surface area (Å²) >= 11 is 1.87. The number of rotatable bonds is 3. The van der Waals surface area contributed by atoms with Crippen molar-refractivity contribution in [2.24, 2.45) is 0 Å². The summed E-state index contributed by atoms with van der Waals surface area (Å²) < 4.78 is 13.5. The van der Waals surface area contributed by atoms with Crippen molar-refractivity contribution in [2.45, 2.75) is 38.1 Å². The zero-order chi connectivity index (χ0) is 14.1. The summed E-state index contributed by atoms with van der Waals surface area (Å²) in [6.07, 6.45) is 3.66. The Morgan fingerprint density at radius 3 is 2.95 bits per heavy atom. The summed E-state index contributed by atoms with van der Waals surface area (Å²) in [4.78, 5) is 1.53. The minimum atomic E-state index is -0.122. The molecule has 0 saturated carbocycles. The van der Waals surface area contributed by atoms with Gasteiger partial charge in [-0.3, -0.25) is 0 Å². The lowest BCUT2D eigenvalue weighted by Crippen LogP contribution is -2.26. The van der Waals surface area contributed by atoms with E-state index >= 15 is 0 Å². The fourth-order valence-electron chi connectivity index (χ4n) is 3.33. The number of halogens is 1. The highest BCUT2D eigenvalue weighted by Crippen LogP contribution is 2.42. The molecule has 1 nitrogen and oxygen atoms in total. The van der Waals surface area contributed by atoms with E-state index in [2.05, 4.69) is 16.8 Å². The van der Waals surface area contributed by atoms with E-state index in [0.29, 0.717) is 5.92 Å². The summed E-state index contributed by atoms with van der Waals surface area (Å²) in [7, 11) is 2.00. The van der Waals surface area contributed by atoms with Gasteiger partial charge in [-0.2, -0.15) is 0 Å². The van der Waals surface area contributed by atoms with Crippen LogP contribution in [0.4, 0.5) is 4.39 Å². The largest absolute Gasteiger partial charge is 0.312 e. The monoisotopic (exact) mass is 289 g/mol. The molecule has 0 fully saturated rings. The molecule has 2 atom stereocenters. The van der Waals surface area contributed by atoms with Crippen LogP contribution in [0.5, 0.6) is 0 Å². The molecule has 0 amide bonds. The van der Waals surface area contributed by atoms with Crippen LogP contribution in [0, 0.1) is 12.7 Å². The van der Waals surface area contributed by atoms with E-state index in [-0.39, 0.29) is 11.9 Å². The molecule has 1 aliphatic carbocycles. The number of fused-ring (bicyclic) bond motifs is 1. The van der Waals surface area contributed by atoms with E-state index in [1.165, 1.54) is 35.3 Å². The van der Waals surface area contributed by atoms with Crippen molar-refractivity contribution < 1.29 is 4.39 Å². The molecule has 3 heteroatoms. The first-order valence-electron chi connectivity index (χ1n) is 7.20. The van der Waals surface area contributed by atoms with E-state index in [0.717, 1.165) is 5.56 Å². The molecule has 1 N–H and O–H groups in total. The Bertz CT molecular complexity index is 605. The summed E-state index contributed by atoms with van der Waals surface area (Å²) in [6, 6.07) is 8.03. The summed E-state index contributed by atoms with van der Waals surface area (Å²) in [6.45, 7) is 1.84. The van der Waals surface area contributed by atoms with Crippen LogP contribution < -0.4 is 5.32 Å². The lowest BCUT2D eigenvalue weighted by Gasteiger charge is -2.31. The van der Waals surface area contributed by atoms with Crippen molar-refractivity contribution in [3.63, 3.8) is 0 Å². The van der Waals surface area contributed by atoms with Gasteiger partial charge >= 0.3 is 0 Å². The van der Waals surface area contributed by atoms with E-state index in [9.17, 15) is 4.39 Å². The van der Waals surface area contributed by atoms with Crippen LogP contribution in [0.3, 0.4) is 0 Å². The molecular formula is C17H20FNS. The van der Waals surface area contributed by atoms with Gasteiger partial charge in [-0.15, -0.1) is 11.3 Å². The molecule has 0 saturated heterocycles. The Morgan fingerprint density at radius 2 is 2.20 bits per heavy atom. The van der Waals surface area contributed by atoms with E-state index in [4.69, 9.17) is 0 Å². The second-order valence-corrected chi connectivity index (χ2v) is 6.57. The lowest BCUT2D eigenvalue weighted by atomic mass is 9.79. The van der Waals surface area contributed by atoms with Crippen LogP contribution in [-0.2, 0) is 6.42 Å². The molecule has 1 heterocycles. The van der Waals surface area contributed by atoms with E-state index in [1.807, 2.05) is 37.4 Å². The highest BCUT2D eigenvalue weighted by Gasteiger charge is 2.29. The number of thiophene rings is 1. The predicted molar refractivity (Wildman–Crippen MR) is 82.9 cm³/mol. The van der Waals surface area contributed by atoms with Crippen molar-refractivity contribution >= 4 is 11.3 Å². The van der Waals surface area contributed by atoms with Crippen LogP contribution in [0.1, 0.15) is 46.4 Å². The number of aryl methyl sites for hydroxylation is 2. The molecule has 2 unspecified atom stereocenters. The normalized spacial score (nSPS) is 19.6. The summed E-state index contributed by atoms with van der Waals surface area (Å²) in [5, 5.41) is 5.65. The van der Waals surface area contributed by atoms with E-state index < -0.39 is 0 Å². The van der Waals surface area contributed by atoms with Gasteiger partial charge in [0, 0.05) is 16.8 Å². The van der Waals surface area contributed by atoms with Crippen molar-refractivity contribution in [3.8, 4) is 0 Å². The average molecular weight is 289 g/mol. The third kappa shape index (κ3) is 2.40. The van der Waals surface area contributed by atoms with Crippen molar-refractivity contribution in [3.05, 3.63) is 57.0 Å². The summed E-state index contributed by atoms with van der Waals surface area (Å²) in [5.41, 5.74) is 3.40. The lowest BCUT2D eigenvalue weighted by molar-refractivity contribution is 0.427. The Morgan fingerprint density at radius 1 is 1.35 bits per heavy atom. The molecule has 1 aliphatic rings. The predicted octanol–water partition coefficient (Wildman–Crippen LogP) is 4.58. The first kappa shape index (κ1) is 13.8. The third-order valence-corrected chi connectivity index (χ3v) is 5.35. The van der Waals surface area contributed by atoms with Gasteiger partial charge in [0.25, 0.3) is 0 Å². The molecule has 20 heavy (non-hydrogen) atoms. The molecule has 0 bridgehead atoms. The van der Waals surface area contributed by atoms with Crippen molar-refractivity contribution in [1.82, 2.24) is 5.32 Å². The van der Waals surface area contributed by atoms with Crippen LogP contribution in [-0.4, -0.2) is 7.05 Å². The second-order valence-electron chi connectivity index (χ2n) is 5.57. The molecular weight excluding hydrogens is 269 g/mol. The zero-order valence-corrected chi connectivity index (χ0v) is 12.8. The average Bonchev–Trinajstić information content (AvgIpc) is 2.93.